The van der Waals surface area contributed by atoms with Crippen LogP contribution in [0, 0.1) is 0 Å². The summed E-state index contributed by atoms with van der Waals surface area (Å²) in [4.78, 5) is 6.12. The van der Waals surface area contributed by atoms with Crippen molar-refractivity contribution < 1.29 is 0 Å². The van der Waals surface area contributed by atoms with Crippen LogP contribution < -0.4 is 5.32 Å². The van der Waals surface area contributed by atoms with Gasteiger partial charge in [-0.15, -0.1) is 11.8 Å². The van der Waals surface area contributed by atoms with Gasteiger partial charge in [-0.3, -0.25) is 0 Å². The minimum atomic E-state index is 0.447. The quantitative estimate of drug-likeness (QED) is 0.349. The third kappa shape index (κ3) is 3.50. The Morgan fingerprint density at radius 1 is 1.10 bits per heavy atom. The summed E-state index contributed by atoms with van der Waals surface area (Å²) in [6, 6.07) is 11.2. The van der Waals surface area contributed by atoms with Gasteiger partial charge in [0.15, 0.2) is 5.65 Å². The van der Waals surface area contributed by atoms with E-state index in [0.29, 0.717) is 12.0 Å². The first-order valence-corrected chi connectivity index (χ1v) is 11.6. The number of benzene rings is 1. The molecule has 6 heteroatoms. The van der Waals surface area contributed by atoms with Crippen LogP contribution in [0.1, 0.15) is 58.1 Å². The maximum Gasteiger partial charge on any atom is 0.159 e. The lowest BCUT2D eigenvalue weighted by molar-refractivity contribution is 0.481. The Morgan fingerprint density at radius 3 is 2.59 bits per heavy atom. The smallest absolute Gasteiger partial charge is 0.159 e. The second-order valence-electron chi connectivity index (χ2n) is 7.73. The molecule has 0 spiro atoms. The van der Waals surface area contributed by atoms with Gasteiger partial charge in [0.2, 0.25) is 0 Å². The first-order chi connectivity index (χ1) is 14.1. The van der Waals surface area contributed by atoms with Crippen molar-refractivity contribution in [3.63, 3.8) is 0 Å². The number of thioether (sulfide) groups is 1. The van der Waals surface area contributed by atoms with Crippen molar-refractivity contribution in [3.8, 4) is 0 Å². The standard InChI is InChI=1S/C23H29N5S/c1-6-17(7-2)27-13-11-18-22(26-21-10-12-24-28(21)23(18)27)25-19-9-8-16(15(3)4)14-20(19)29-5/h8-15,17H,6-7H2,1-5H3,(H,25,26). The molecule has 0 bridgehead atoms. The first kappa shape index (κ1) is 19.8. The monoisotopic (exact) mass is 407 g/mol. The molecule has 0 saturated heterocycles. The van der Waals surface area contributed by atoms with E-state index in [1.807, 2.05) is 16.8 Å². The fourth-order valence-electron chi connectivity index (χ4n) is 3.94. The van der Waals surface area contributed by atoms with Crippen molar-refractivity contribution >= 4 is 39.9 Å². The van der Waals surface area contributed by atoms with Crippen molar-refractivity contribution in [2.24, 2.45) is 0 Å². The van der Waals surface area contributed by atoms with E-state index in [1.54, 1.807) is 11.8 Å². The van der Waals surface area contributed by atoms with Crippen molar-refractivity contribution in [2.75, 3.05) is 11.6 Å². The maximum absolute atomic E-state index is 4.88. The lowest BCUT2D eigenvalue weighted by Crippen LogP contribution is -2.09. The largest absolute Gasteiger partial charge is 0.339 e. The number of nitrogens with zero attached hydrogens (tertiary/aromatic N) is 4. The molecule has 3 heterocycles. The number of hydrogen-bond acceptors (Lipinski definition) is 4. The van der Waals surface area contributed by atoms with Crippen LogP contribution in [-0.2, 0) is 0 Å². The normalized spacial score (nSPS) is 12.0. The third-order valence-electron chi connectivity index (χ3n) is 5.67. The Labute approximate surface area is 176 Å². The molecular weight excluding hydrogens is 378 g/mol. The van der Waals surface area contributed by atoms with E-state index in [9.17, 15) is 0 Å². The van der Waals surface area contributed by atoms with Crippen LogP contribution in [0.15, 0.2) is 47.6 Å². The average molecular weight is 408 g/mol. The van der Waals surface area contributed by atoms with Crippen LogP contribution in [0.3, 0.4) is 0 Å². The van der Waals surface area contributed by atoms with E-state index in [1.165, 1.54) is 10.5 Å². The van der Waals surface area contributed by atoms with Gasteiger partial charge in [0.1, 0.15) is 11.5 Å². The summed E-state index contributed by atoms with van der Waals surface area (Å²) < 4.78 is 4.30. The highest BCUT2D eigenvalue weighted by Gasteiger charge is 2.18. The zero-order valence-corrected chi connectivity index (χ0v) is 18.6. The Kier molecular flexibility index (Phi) is 5.54. The minimum absolute atomic E-state index is 0.447. The van der Waals surface area contributed by atoms with Crippen LogP contribution in [0.4, 0.5) is 11.5 Å². The molecule has 0 fully saturated rings. The van der Waals surface area contributed by atoms with E-state index in [2.05, 4.69) is 79.4 Å². The predicted molar refractivity (Wildman–Crippen MR) is 124 cm³/mol. The molecule has 152 valence electrons. The lowest BCUT2D eigenvalue weighted by atomic mass is 10.0. The average Bonchev–Trinajstić information content (AvgIpc) is 3.36. The van der Waals surface area contributed by atoms with Crippen LogP contribution in [0.5, 0.6) is 0 Å². The summed E-state index contributed by atoms with van der Waals surface area (Å²) in [6.07, 6.45) is 8.29. The molecule has 0 atom stereocenters. The molecule has 3 aromatic heterocycles. The second-order valence-corrected chi connectivity index (χ2v) is 8.58. The van der Waals surface area contributed by atoms with Crippen LogP contribution in [-0.4, -0.2) is 25.4 Å². The van der Waals surface area contributed by atoms with Crippen LogP contribution in [0.2, 0.25) is 0 Å². The predicted octanol–water partition coefficient (Wildman–Crippen LogP) is 6.63. The molecular formula is C23H29N5S. The SMILES string of the molecule is CCC(CC)n1ccc2c(Nc3ccc(C(C)C)cc3SC)nc3ccnn3c21. The van der Waals surface area contributed by atoms with Gasteiger partial charge in [-0.2, -0.15) is 9.61 Å². The van der Waals surface area contributed by atoms with Gasteiger partial charge in [-0.25, -0.2) is 4.98 Å². The van der Waals surface area contributed by atoms with Gasteiger partial charge >= 0.3 is 0 Å². The molecule has 0 unspecified atom stereocenters. The molecule has 0 saturated carbocycles. The summed E-state index contributed by atoms with van der Waals surface area (Å²) in [5, 5.41) is 9.25. The van der Waals surface area contributed by atoms with Crippen LogP contribution in [0.25, 0.3) is 16.7 Å². The number of aromatic nitrogens is 4. The third-order valence-corrected chi connectivity index (χ3v) is 6.45. The lowest BCUT2D eigenvalue weighted by Gasteiger charge is -2.18. The van der Waals surface area contributed by atoms with Gasteiger partial charge in [0, 0.05) is 23.2 Å². The zero-order valence-electron chi connectivity index (χ0n) is 17.8. The molecule has 5 nitrogen and oxygen atoms in total. The number of hydrogen-bond donors (Lipinski definition) is 1. The van der Waals surface area contributed by atoms with Gasteiger partial charge in [-0.05, 0) is 48.8 Å². The summed E-state index contributed by atoms with van der Waals surface area (Å²) in [5.41, 5.74) is 4.40. The zero-order chi connectivity index (χ0) is 20.5. The van der Waals surface area contributed by atoms with E-state index >= 15 is 0 Å². The van der Waals surface area contributed by atoms with Crippen molar-refractivity contribution in [1.82, 2.24) is 19.2 Å². The highest BCUT2D eigenvalue weighted by atomic mass is 32.2. The summed E-state index contributed by atoms with van der Waals surface area (Å²) in [5.74, 6) is 1.39. The van der Waals surface area contributed by atoms with E-state index < -0.39 is 0 Å². The maximum atomic E-state index is 4.88. The Bertz CT molecular complexity index is 1140. The second kappa shape index (κ2) is 8.11. The Balaban J connectivity index is 1.86. The highest BCUT2D eigenvalue weighted by molar-refractivity contribution is 7.98. The van der Waals surface area contributed by atoms with Gasteiger partial charge in [0.25, 0.3) is 0 Å². The highest BCUT2D eigenvalue weighted by Crippen LogP contribution is 2.34. The van der Waals surface area contributed by atoms with E-state index in [4.69, 9.17) is 4.98 Å². The summed E-state index contributed by atoms with van der Waals surface area (Å²) in [6.45, 7) is 8.93. The fourth-order valence-corrected chi connectivity index (χ4v) is 4.53. The topological polar surface area (TPSA) is 47.2 Å². The van der Waals surface area contributed by atoms with E-state index in [0.717, 1.165) is 41.0 Å². The number of fused-ring (bicyclic) bond motifs is 3. The van der Waals surface area contributed by atoms with Gasteiger partial charge in [0.05, 0.1) is 17.3 Å². The van der Waals surface area contributed by atoms with E-state index in [-0.39, 0.29) is 0 Å². The molecule has 4 aromatic rings. The molecule has 4 rings (SSSR count). The molecule has 0 aliphatic heterocycles. The molecule has 0 radical (unpaired) electrons. The summed E-state index contributed by atoms with van der Waals surface area (Å²) >= 11 is 1.76. The molecule has 0 aliphatic rings. The Hall–Kier alpha value is -2.47. The molecule has 0 amide bonds. The van der Waals surface area contributed by atoms with Crippen molar-refractivity contribution in [2.45, 2.75) is 57.4 Å². The molecule has 1 N–H and O–H groups in total. The van der Waals surface area contributed by atoms with Crippen LogP contribution >= 0.6 is 11.8 Å². The van der Waals surface area contributed by atoms with Crippen molar-refractivity contribution in [3.05, 3.63) is 48.3 Å². The van der Waals surface area contributed by atoms with Gasteiger partial charge < -0.3 is 9.88 Å². The first-order valence-electron chi connectivity index (χ1n) is 10.4. The summed E-state index contributed by atoms with van der Waals surface area (Å²) in [7, 11) is 0. The molecule has 29 heavy (non-hydrogen) atoms. The molecule has 0 aliphatic carbocycles. The number of rotatable bonds is 7. The fraction of sp³-hybridized carbons (Fsp3) is 0.391. The Morgan fingerprint density at radius 2 is 1.90 bits per heavy atom. The van der Waals surface area contributed by atoms with Crippen molar-refractivity contribution in [1.29, 1.82) is 0 Å². The van der Waals surface area contributed by atoms with Gasteiger partial charge in [-0.1, -0.05) is 33.8 Å². The number of nitrogens with one attached hydrogen (secondary N) is 1. The minimum Gasteiger partial charge on any atom is -0.339 e. The molecule has 1 aromatic carbocycles. The number of anilines is 2.